The van der Waals surface area contributed by atoms with Crippen molar-refractivity contribution in [3.05, 3.63) is 46.7 Å². The molecule has 5 nitrogen and oxygen atoms in total. The third-order valence-corrected chi connectivity index (χ3v) is 7.95. The number of ether oxygens (including phenoxy) is 1. The van der Waals surface area contributed by atoms with Gasteiger partial charge >= 0.3 is 0 Å². The van der Waals surface area contributed by atoms with Gasteiger partial charge in [0.1, 0.15) is 17.1 Å². The summed E-state index contributed by atoms with van der Waals surface area (Å²) in [6.07, 6.45) is 4.26. The summed E-state index contributed by atoms with van der Waals surface area (Å²) in [6.45, 7) is 8.64. The number of hydrogen-bond acceptors (Lipinski definition) is 4. The summed E-state index contributed by atoms with van der Waals surface area (Å²) in [7, 11) is 0. The third-order valence-electron chi connectivity index (χ3n) is 6.56. The van der Waals surface area contributed by atoms with Gasteiger partial charge in [-0.15, -0.1) is 0 Å². The molecule has 2 aromatic rings. The van der Waals surface area contributed by atoms with Gasteiger partial charge in [0.2, 0.25) is 10.8 Å². The van der Waals surface area contributed by atoms with Crippen LogP contribution in [0.3, 0.4) is 0 Å². The summed E-state index contributed by atoms with van der Waals surface area (Å²) in [5.41, 5.74) is 1.53. The second-order valence-electron chi connectivity index (χ2n) is 10.2. The van der Waals surface area contributed by atoms with E-state index in [4.69, 9.17) is 16.3 Å². The van der Waals surface area contributed by atoms with Crippen LogP contribution in [0.5, 0.6) is 5.75 Å². The Labute approximate surface area is 209 Å². The molecule has 2 N–H and O–H groups in total. The highest BCUT2D eigenvalue weighted by molar-refractivity contribution is 7.92. The van der Waals surface area contributed by atoms with Gasteiger partial charge in [0.25, 0.3) is 0 Å². The molecule has 8 heteroatoms. The Bertz CT molecular complexity index is 1060. The molecule has 1 spiro atoms. The van der Waals surface area contributed by atoms with Gasteiger partial charge in [-0.25, -0.2) is 9.11 Å². The summed E-state index contributed by atoms with van der Waals surface area (Å²) in [5.74, 6) is 0.816. The fraction of sp³-hybridized carbons (Fsp3) is 0.500. The van der Waals surface area contributed by atoms with Crippen LogP contribution in [0, 0.1) is 17.7 Å². The first-order chi connectivity index (χ1) is 16.1. The highest BCUT2D eigenvalue weighted by atomic mass is 35.5. The summed E-state index contributed by atoms with van der Waals surface area (Å²) in [5, 5.41) is 3.30. The van der Waals surface area contributed by atoms with E-state index in [1.165, 1.54) is 12.1 Å². The monoisotopic (exact) mass is 506 g/mol. The number of rotatable bonds is 9. The maximum absolute atomic E-state index is 14.4. The second kappa shape index (κ2) is 9.96. The van der Waals surface area contributed by atoms with E-state index >= 15 is 0 Å². The Hall–Kier alpha value is -1.96. The lowest BCUT2D eigenvalue weighted by Crippen LogP contribution is -2.40. The van der Waals surface area contributed by atoms with Crippen molar-refractivity contribution in [3.63, 3.8) is 0 Å². The standard InChI is InChI=1S/C26H32ClFN2O3S/c1-15(2)10-19(11-16(3)4)33-22-14-18(30-34(32)23-7-6-17(27)12-21(23)28)13-20-24(22)29-25(31)26(20)8-5-9-26/h6-7,12-16,19,30H,5,8-11H2,1-4H3,(H,29,31). The number of carbonyl (C=O) groups is 1. The molecule has 2 aliphatic rings. The van der Waals surface area contributed by atoms with E-state index in [2.05, 4.69) is 37.7 Å². The summed E-state index contributed by atoms with van der Waals surface area (Å²) < 4.78 is 36.8. The Morgan fingerprint density at radius 1 is 1.18 bits per heavy atom. The predicted molar refractivity (Wildman–Crippen MR) is 135 cm³/mol. The summed E-state index contributed by atoms with van der Waals surface area (Å²) >= 11 is 3.99. The Kier molecular flexibility index (Phi) is 7.36. The molecule has 34 heavy (non-hydrogen) atoms. The Balaban J connectivity index is 1.70. The summed E-state index contributed by atoms with van der Waals surface area (Å²) in [6, 6.07) is 7.67. The molecule has 4 rings (SSSR count). The molecule has 0 bridgehead atoms. The lowest BCUT2D eigenvalue weighted by molar-refractivity contribution is -0.123. The number of hydrogen-bond donors (Lipinski definition) is 2. The van der Waals surface area contributed by atoms with Crippen LogP contribution >= 0.6 is 11.6 Å². The van der Waals surface area contributed by atoms with E-state index in [0.29, 0.717) is 29.0 Å². The highest BCUT2D eigenvalue weighted by Crippen LogP contribution is 2.54. The van der Waals surface area contributed by atoms with Gasteiger partial charge < -0.3 is 14.6 Å². The predicted octanol–water partition coefficient (Wildman–Crippen LogP) is 6.83. The highest BCUT2D eigenvalue weighted by Gasteiger charge is 2.52. The average Bonchev–Trinajstić information content (AvgIpc) is 2.99. The van der Waals surface area contributed by atoms with Crippen molar-refractivity contribution < 1.29 is 18.5 Å². The van der Waals surface area contributed by atoms with Crippen LogP contribution < -0.4 is 14.8 Å². The molecule has 1 fully saturated rings. The molecule has 1 aliphatic carbocycles. The smallest absolute Gasteiger partial charge is 0.235 e. The minimum atomic E-state index is -1.85. The van der Waals surface area contributed by atoms with E-state index < -0.39 is 22.6 Å². The zero-order chi connectivity index (χ0) is 24.6. The molecule has 1 atom stereocenters. The van der Waals surface area contributed by atoms with Crippen molar-refractivity contribution in [1.82, 2.24) is 0 Å². The maximum atomic E-state index is 14.4. The minimum Gasteiger partial charge on any atom is -0.588 e. The van der Waals surface area contributed by atoms with Gasteiger partial charge in [0, 0.05) is 17.2 Å². The summed E-state index contributed by atoms with van der Waals surface area (Å²) in [4.78, 5) is 13.0. The van der Waals surface area contributed by atoms with Gasteiger partial charge in [-0.2, -0.15) is 0 Å². The van der Waals surface area contributed by atoms with Crippen molar-refractivity contribution in [2.45, 2.75) is 76.2 Å². The fourth-order valence-electron chi connectivity index (χ4n) is 4.87. The minimum absolute atomic E-state index is 0.00936. The van der Waals surface area contributed by atoms with Crippen molar-refractivity contribution >= 4 is 40.2 Å². The SMILES string of the molecule is CC(C)CC(CC(C)C)Oc1cc(N[S+]([O-])c2ccc(Cl)cc2F)cc2c1NC(=O)C21CCC1. The molecule has 1 saturated carbocycles. The second-order valence-corrected chi connectivity index (χ2v) is 11.8. The van der Waals surface area contributed by atoms with Crippen LogP contribution in [0.4, 0.5) is 15.8 Å². The van der Waals surface area contributed by atoms with Crippen LogP contribution in [-0.2, 0) is 21.6 Å². The quantitative estimate of drug-likeness (QED) is 0.366. The first kappa shape index (κ1) is 25.1. The molecule has 184 valence electrons. The molecule has 1 amide bonds. The van der Waals surface area contributed by atoms with Crippen molar-refractivity contribution in [2.24, 2.45) is 11.8 Å². The fourth-order valence-corrected chi connectivity index (χ4v) is 5.90. The van der Waals surface area contributed by atoms with E-state index in [9.17, 15) is 13.7 Å². The molecule has 0 radical (unpaired) electrons. The van der Waals surface area contributed by atoms with Crippen molar-refractivity contribution in [1.29, 1.82) is 0 Å². The van der Waals surface area contributed by atoms with Crippen molar-refractivity contribution in [3.8, 4) is 5.75 Å². The Morgan fingerprint density at radius 2 is 1.85 bits per heavy atom. The van der Waals surface area contributed by atoms with Gasteiger partial charge in [-0.05, 0) is 61.3 Å². The molecule has 1 unspecified atom stereocenters. The lowest BCUT2D eigenvalue weighted by atomic mass is 9.65. The first-order valence-corrected chi connectivity index (χ1v) is 13.4. The molecule has 0 aromatic heterocycles. The number of amides is 1. The van der Waals surface area contributed by atoms with E-state index in [1.807, 2.05) is 6.07 Å². The van der Waals surface area contributed by atoms with Crippen molar-refractivity contribution in [2.75, 3.05) is 10.0 Å². The van der Waals surface area contributed by atoms with Gasteiger partial charge in [0.15, 0.2) is 5.82 Å². The number of benzene rings is 2. The number of nitrogens with one attached hydrogen (secondary N) is 2. The number of fused-ring (bicyclic) bond motifs is 2. The normalized spacial score (nSPS) is 17.2. The molecule has 1 heterocycles. The zero-order valence-corrected chi connectivity index (χ0v) is 21.6. The van der Waals surface area contributed by atoms with Crippen LogP contribution in [-0.4, -0.2) is 16.6 Å². The number of anilines is 2. The molecule has 0 saturated heterocycles. The molecule has 1 aliphatic heterocycles. The lowest BCUT2D eigenvalue weighted by Gasteiger charge is -2.36. The number of halogens is 2. The third kappa shape index (κ3) is 5.02. The average molecular weight is 507 g/mol. The van der Waals surface area contributed by atoms with Crippen LogP contribution in [0.2, 0.25) is 5.02 Å². The van der Waals surface area contributed by atoms with Gasteiger partial charge in [-0.3, -0.25) is 4.79 Å². The van der Waals surface area contributed by atoms with E-state index in [1.54, 1.807) is 6.07 Å². The largest absolute Gasteiger partial charge is 0.588 e. The molecule has 2 aromatic carbocycles. The Morgan fingerprint density at radius 3 is 2.41 bits per heavy atom. The van der Waals surface area contributed by atoms with Crippen LogP contribution in [0.15, 0.2) is 35.2 Å². The molecular weight excluding hydrogens is 475 g/mol. The van der Waals surface area contributed by atoms with Gasteiger partial charge in [-0.1, -0.05) is 45.7 Å². The first-order valence-electron chi connectivity index (χ1n) is 11.9. The van der Waals surface area contributed by atoms with E-state index in [-0.39, 0.29) is 21.9 Å². The topological polar surface area (TPSA) is 73.4 Å². The maximum Gasteiger partial charge on any atom is 0.235 e. The van der Waals surface area contributed by atoms with Crippen LogP contribution in [0.25, 0.3) is 0 Å². The van der Waals surface area contributed by atoms with E-state index in [0.717, 1.165) is 43.7 Å². The zero-order valence-electron chi connectivity index (χ0n) is 20.0. The van der Waals surface area contributed by atoms with Gasteiger partial charge in [0.05, 0.1) is 22.9 Å². The molecular formula is C26H32ClFN2O3S. The van der Waals surface area contributed by atoms with Crippen LogP contribution in [0.1, 0.15) is 65.4 Å². The number of carbonyl (C=O) groups excluding carboxylic acids is 1.